The number of hydroxylamine groups is 1. The number of hydrogen-bond acceptors (Lipinski definition) is 2. The summed E-state index contributed by atoms with van der Waals surface area (Å²) in [6, 6.07) is 10.7. The van der Waals surface area contributed by atoms with Crippen LogP contribution >= 0.6 is 0 Å². The Morgan fingerprint density at radius 3 is 2.60 bits per heavy atom. The molecule has 0 bridgehead atoms. The molecule has 0 aromatic heterocycles. The summed E-state index contributed by atoms with van der Waals surface area (Å²) in [5.74, 6) is 0. The Labute approximate surface area is 91.6 Å². The van der Waals surface area contributed by atoms with Gasteiger partial charge >= 0.3 is 0 Å². The van der Waals surface area contributed by atoms with E-state index in [2.05, 4.69) is 31.5 Å². The van der Waals surface area contributed by atoms with Crippen molar-refractivity contribution in [3.05, 3.63) is 35.9 Å². The Kier molecular flexibility index (Phi) is 3.08. The monoisotopic (exact) mass is 205 g/mol. The maximum absolute atomic E-state index is 5.50. The fourth-order valence-corrected chi connectivity index (χ4v) is 1.60. The second kappa shape index (κ2) is 4.33. The molecular weight excluding hydrogens is 186 g/mol. The summed E-state index contributed by atoms with van der Waals surface area (Å²) in [4.78, 5) is 5.50. The minimum Gasteiger partial charge on any atom is -0.297 e. The van der Waals surface area contributed by atoms with Gasteiger partial charge in [-0.2, -0.15) is 5.48 Å². The third-order valence-electron chi connectivity index (χ3n) is 3.43. The first-order valence-corrected chi connectivity index (χ1v) is 5.62. The van der Waals surface area contributed by atoms with E-state index in [4.69, 9.17) is 4.84 Å². The Balaban J connectivity index is 1.71. The predicted octanol–water partition coefficient (Wildman–Crippen LogP) is 2.90. The van der Waals surface area contributed by atoms with E-state index in [1.807, 2.05) is 18.2 Å². The second-order valence-corrected chi connectivity index (χ2v) is 4.77. The third kappa shape index (κ3) is 2.80. The molecule has 0 spiro atoms. The lowest BCUT2D eigenvalue weighted by Gasteiger charge is -2.19. The summed E-state index contributed by atoms with van der Waals surface area (Å²) in [7, 11) is 0. The van der Waals surface area contributed by atoms with Crippen molar-refractivity contribution in [1.29, 1.82) is 0 Å². The second-order valence-electron chi connectivity index (χ2n) is 4.77. The van der Waals surface area contributed by atoms with Gasteiger partial charge < -0.3 is 0 Å². The highest BCUT2D eigenvalue weighted by molar-refractivity contribution is 5.13. The Bertz CT molecular complexity index is 306. The SMILES string of the molecule is CC(NOCc1ccccc1)C1(C)CC1. The van der Waals surface area contributed by atoms with Crippen molar-refractivity contribution >= 4 is 0 Å². The van der Waals surface area contributed by atoms with Crippen LogP contribution in [-0.2, 0) is 11.4 Å². The van der Waals surface area contributed by atoms with Crippen LogP contribution in [0.4, 0.5) is 0 Å². The van der Waals surface area contributed by atoms with Gasteiger partial charge in [-0.1, -0.05) is 37.3 Å². The van der Waals surface area contributed by atoms with Gasteiger partial charge in [0.15, 0.2) is 0 Å². The largest absolute Gasteiger partial charge is 0.297 e. The normalized spacial score (nSPS) is 19.9. The number of nitrogens with one attached hydrogen (secondary N) is 1. The van der Waals surface area contributed by atoms with Crippen molar-refractivity contribution in [3.63, 3.8) is 0 Å². The molecule has 1 N–H and O–H groups in total. The standard InChI is InChI=1S/C13H19NO/c1-11(13(2)8-9-13)14-15-10-12-6-4-3-5-7-12/h3-7,11,14H,8-10H2,1-2H3. The number of rotatable bonds is 5. The average molecular weight is 205 g/mol. The molecule has 0 amide bonds. The zero-order valence-electron chi connectivity index (χ0n) is 9.49. The van der Waals surface area contributed by atoms with Crippen LogP contribution in [0.5, 0.6) is 0 Å². The van der Waals surface area contributed by atoms with Gasteiger partial charge in [-0.05, 0) is 30.7 Å². The molecule has 82 valence electrons. The van der Waals surface area contributed by atoms with Crippen LogP contribution in [0.3, 0.4) is 0 Å². The fraction of sp³-hybridized carbons (Fsp3) is 0.538. The molecular formula is C13H19NO. The van der Waals surface area contributed by atoms with E-state index >= 15 is 0 Å². The Hall–Kier alpha value is -0.860. The van der Waals surface area contributed by atoms with E-state index in [0.29, 0.717) is 18.1 Å². The molecule has 2 rings (SSSR count). The van der Waals surface area contributed by atoms with Gasteiger partial charge in [0.2, 0.25) is 0 Å². The molecule has 2 nitrogen and oxygen atoms in total. The maximum atomic E-state index is 5.50. The number of benzene rings is 1. The smallest absolute Gasteiger partial charge is 0.0933 e. The van der Waals surface area contributed by atoms with Gasteiger partial charge in [-0.15, -0.1) is 0 Å². The maximum Gasteiger partial charge on any atom is 0.0933 e. The highest BCUT2D eigenvalue weighted by atomic mass is 16.6. The van der Waals surface area contributed by atoms with Gasteiger partial charge in [0.1, 0.15) is 0 Å². The first kappa shape index (κ1) is 10.7. The summed E-state index contributed by atoms with van der Waals surface area (Å²) >= 11 is 0. The molecule has 1 aliphatic rings. The molecule has 2 heteroatoms. The first-order valence-electron chi connectivity index (χ1n) is 5.62. The van der Waals surface area contributed by atoms with Crippen LogP contribution in [0, 0.1) is 5.41 Å². The van der Waals surface area contributed by atoms with Crippen LogP contribution in [0.15, 0.2) is 30.3 Å². The van der Waals surface area contributed by atoms with Crippen LogP contribution in [-0.4, -0.2) is 6.04 Å². The van der Waals surface area contributed by atoms with Crippen molar-refractivity contribution in [2.75, 3.05) is 0 Å². The Morgan fingerprint density at radius 2 is 2.00 bits per heavy atom. The van der Waals surface area contributed by atoms with Gasteiger partial charge in [0.25, 0.3) is 0 Å². The predicted molar refractivity (Wildman–Crippen MR) is 61.2 cm³/mol. The topological polar surface area (TPSA) is 21.3 Å². The van der Waals surface area contributed by atoms with E-state index in [1.165, 1.54) is 18.4 Å². The summed E-state index contributed by atoms with van der Waals surface area (Å²) in [6.45, 7) is 5.13. The van der Waals surface area contributed by atoms with E-state index in [1.54, 1.807) is 0 Å². The highest BCUT2D eigenvalue weighted by Crippen LogP contribution is 2.47. The molecule has 0 heterocycles. The van der Waals surface area contributed by atoms with Crippen molar-refractivity contribution in [2.24, 2.45) is 5.41 Å². The van der Waals surface area contributed by atoms with E-state index in [-0.39, 0.29) is 0 Å². The number of hydrogen-bond donors (Lipinski definition) is 1. The van der Waals surface area contributed by atoms with Gasteiger partial charge in [-0.3, -0.25) is 4.84 Å². The van der Waals surface area contributed by atoms with Crippen molar-refractivity contribution in [1.82, 2.24) is 5.48 Å². The van der Waals surface area contributed by atoms with E-state index < -0.39 is 0 Å². The molecule has 1 aromatic carbocycles. The molecule has 1 fully saturated rings. The zero-order chi connectivity index (χ0) is 10.7. The molecule has 0 radical (unpaired) electrons. The van der Waals surface area contributed by atoms with Gasteiger partial charge in [0.05, 0.1) is 6.61 Å². The molecule has 1 saturated carbocycles. The lowest BCUT2D eigenvalue weighted by molar-refractivity contribution is -0.00751. The quantitative estimate of drug-likeness (QED) is 0.746. The third-order valence-corrected chi connectivity index (χ3v) is 3.43. The van der Waals surface area contributed by atoms with Gasteiger partial charge in [-0.25, -0.2) is 0 Å². The zero-order valence-corrected chi connectivity index (χ0v) is 9.49. The molecule has 1 aromatic rings. The molecule has 1 atom stereocenters. The minimum atomic E-state index is 0.446. The summed E-state index contributed by atoms with van der Waals surface area (Å²) in [5.41, 5.74) is 4.81. The lowest BCUT2D eigenvalue weighted by atomic mass is 10.0. The fourth-order valence-electron chi connectivity index (χ4n) is 1.60. The minimum absolute atomic E-state index is 0.446. The summed E-state index contributed by atoms with van der Waals surface area (Å²) < 4.78 is 0. The molecule has 1 unspecified atom stereocenters. The van der Waals surface area contributed by atoms with E-state index in [9.17, 15) is 0 Å². The summed E-state index contributed by atoms with van der Waals surface area (Å²) in [6.07, 6.45) is 2.63. The molecule has 1 aliphatic carbocycles. The van der Waals surface area contributed by atoms with E-state index in [0.717, 1.165) is 0 Å². The van der Waals surface area contributed by atoms with Crippen LogP contribution < -0.4 is 5.48 Å². The average Bonchev–Trinajstić information content (AvgIpc) is 2.99. The highest BCUT2D eigenvalue weighted by Gasteiger charge is 2.42. The van der Waals surface area contributed by atoms with Crippen LogP contribution in [0.2, 0.25) is 0 Å². The van der Waals surface area contributed by atoms with Crippen molar-refractivity contribution in [2.45, 2.75) is 39.3 Å². The van der Waals surface area contributed by atoms with Crippen molar-refractivity contribution < 1.29 is 4.84 Å². The summed E-state index contributed by atoms with van der Waals surface area (Å²) in [5, 5.41) is 0. The molecule has 0 saturated heterocycles. The first-order chi connectivity index (χ1) is 7.21. The Morgan fingerprint density at radius 1 is 1.33 bits per heavy atom. The van der Waals surface area contributed by atoms with Crippen LogP contribution in [0.1, 0.15) is 32.3 Å². The van der Waals surface area contributed by atoms with Gasteiger partial charge in [0, 0.05) is 6.04 Å². The lowest BCUT2D eigenvalue weighted by Crippen LogP contribution is -2.33. The molecule has 0 aliphatic heterocycles. The van der Waals surface area contributed by atoms with Crippen LogP contribution in [0.25, 0.3) is 0 Å². The molecule has 15 heavy (non-hydrogen) atoms. The van der Waals surface area contributed by atoms with Crippen molar-refractivity contribution in [3.8, 4) is 0 Å².